The van der Waals surface area contributed by atoms with Gasteiger partial charge in [-0.3, -0.25) is 4.90 Å². The van der Waals surface area contributed by atoms with Crippen LogP contribution in [0, 0.1) is 0 Å². The van der Waals surface area contributed by atoms with Crippen LogP contribution < -0.4 is 4.74 Å². The highest BCUT2D eigenvalue weighted by atomic mass is 16.5. The predicted molar refractivity (Wildman–Crippen MR) is 83.2 cm³/mol. The SMILES string of the molecule is COc1ccnc(-c2cccc([C@H](C)N3CCCC3)c2)n1. The lowest BCUT2D eigenvalue weighted by atomic mass is 10.0. The van der Waals surface area contributed by atoms with Crippen molar-refractivity contribution in [2.75, 3.05) is 20.2 Å². The Morgan fingerprint density at radius 2 is 2.00 bits per heavy atom. The number of ether oxygens (including phenoxy) is 1. The zero-order valence-corrected chi connectivity index (χ0v) is 12.6. The number of methoxy groups -OCH3 is 1. The summed E-state index contributed by atoms with van der Waals surface area (Å²) in [6, 6.07) is 10.7. The highest BCUT2D eigenvalue weighted by Gasteiger charge is 2.19. The third-order valence-electron chi connectivity index (χ3n) is 4.15. The van der Waals surface area contributed by atoms with Crippen LogP contribution in [0.1, 0.15) is 31.4 Å². The molecule has 21 heavy (non-hydrogen) atoms. The minimum atomic E-state index is 0.443. The van der Waals surface area contributed by atoms with Crippen LogP contribution in [-0.2, 0) is 0 Å². The van der Waals surface area contributed by atoms with Crippen molar-refractivity contribution in [3.8, 4) is 17.3 Å². The van der Waals surface area contributed by atoms with Gasteiger partial charge in [-0.25, -0.2) is 4.98 Å². The van der Waals surface area contributed by atoms with Crippen LogP contribution in [0.5, 0.6) is 5.88 Å². The number of likely N-dealkylation sites (tertiary alicyclic amines) is 1. The van der Waals surface area contributed by atoms with Crippen LogP contribution in [0.15, 0.2) is 36.5 Å². The van der Waals surface area contributed by atoms with E-state index in [1.807, 2.05) is 0 Å². The second-order valence-corrected chi connectivity index (χ2v) is 5.47. The zero-order valence-electron chi connectivity index (χ0n) is 12.6. The first kappa shape index (κ1) is 14.0. The van der Waals surface area contributed by atoms with Gasteiger partial charge in [0.15, 0.2) is 5.82 Å². The molecule has 110 valence electrons. The molecule has 1 aromatic heterocycles. The number of aromatic nitrogens is 2. The summed E-state index contributed by atoms with van der Waals surface area (Å²) in [7, 11) is 1.62. The first-order valence-corrected chi connectivity index (χ1v) is 7.49. The summed E-state index contributed by atoms with van der Waals surface area (Å²) in [6.45, 7) is 4.67. The van der Waals surface area contributed by atoms with Gasteiger partial charge in [-0.2, -0.15) is 4.98 Å². The monoisotopic (exact) mass is 283 g/mol. The van der Waals surface area contributed by atoms with Gasteiger partial charge in [0.25, 0.3) is 0 Å². The molecular formula is C17H21N3O. The average molecular weight is 283 g/mol. The zero-order chi connectivity index (χ0) is 14.7. The second-order valence-electron chi connectivity index (χ2n) is 5.47. The standard InChI is InChI=1S/C17H21N3O/c1-13(20-10-3-4-11-20)14-6-5-7-15(12-14)17-18-9-8-16(19-17)21-2/h5-9,12-13H,3-4,10-11H2,1-2H3/t13-/m0/s1. The molecule has 1 aliphatic heterocycles. The fraction of sp³-hybridized carbons (Fsp3) is 0.412. The Labute approximate surface area is 125 Å². The molecule has 0 saturated carbocycles. The van der Waals surface area contributed by atoms with Crippen molar-refractivity contribution in [3.05, 3.63) is 42.1 Å². The van der Waals surface area contributed by atoms with Crippen molar-refractivity contribution in [1.29, 1.82) is 0 Å². The van der Waals surface area contributed by atoms with E-state index in [2.05, 4.69) is 46.1 Å². The van der Waals surface area contributed by atoms with Crippen molar-refractivity contribution in [2.24, 2.45) is 0 Å². The minimum Gasteiger partial charge on any atom is -0.481 e. The summed E-state index contributed by atoms with van der Waals surface area (Å²) < 4.78 is 5.18. The molecule has 1 saturated heterocycles. The summed E-state index contributed by atoms with van der Waals surface area (Å²) >= 11 is 0. The molecule has 0 bridgehead atoms. The summed E-state index contributed by atoms with van der Waals surface area (Å²) in [5.41, 5.74) is 2.36. The molecule has 0 unspecified atom stereocenters. The van der Waals surface area contributed by atoms with Crippen LogP contribution in [0.4, 0.5) is 0 Å². The number of hydrogen-bond donors (Lipinski definition) is 0. The van der Waals surface area contributed by atoms with Crippen LogP contribution in [0.2, 0.25) is 0 Å². The van der Waals surface area contributed by atoms with E-state index in [0.29, 0.717) is 17.7 Å². The smallest absolute Gasteiger partial charge is 0.216 e. The largest absolute Gasteiger partial charge is 0.481 e. The molecule has 0 amide bonds. The Kier molecular flexibility index (Phi) is 4.15. The summed E-state index contributed by atoms with van der Waals surface area (Å²) in [5, 5.41) is 0. The molecule has 1 aromatic carbocycles. The van der Waals surface area contributed by atoms with Crippen LogP contribution >= 0.6 is 0 Å². The molecule has 4 nitrogen and oxygen atoms in total. The van der Waals surface area contributed by atoms with Crippen molar-refractivity contribution in [3.63, 3.8) is 0 Å². The number of hydrogen-bond acceptors (Lipinski definition) is 4. The lowest BCUT2D eigenvalue weighted by molar-refractivity contribution is 0.263. The van der Waals surface area contributed by atoms with E-state index in [9.17, 15) is 0 Å². The van der Waals surface area contributed by atoms with Gasteiger partial charge in [-0.15, -0.1) is 0 Å². The molecule has 3 rings (SSSR count). The van der Waals surface area contributed by atoms with Crippen molar-refractivity contribution in [1.82, 2.24) is 14.9 Å². The Morgan fingerprint density at radius 3 is 2.76 bits per heavy atom. The van der Waals surface area contributed by atoms with E-state index in [1.165, 1.54) is 31.5 Å². The van der Waals surface area contributed by atoms with E-state index in [4.69, 9.17) is 4.74 Å². The molecule has 0 radical (unpaired) electrons. The van der Waals surface area contributed by atoms with Gasteiger partial charge < -0.3 is 4.74 Å². The highest BCUT2D eigenvalue weighted by molar-refractivity contribution is 5.56. The topological polar surface area (TPSA) is 38.2 Å². The van der Waals surface area contributed by atoms with Crippen LogP contribution in [0.3, 0.4) is 0 Å². The van der Waals surface area contributed by atoms with Crippen molar-refractivity contribution < 1.29 is 4.74 Å². The van der Waals surface area contributed by atoms with E-state index < -0.39 is 0 Å². The lowest BCUT2D eigenvalue weighted by Crippen LogP contribution is -2.23. The molecule has 4 heteroatoms. The minimum absolute atomic E-state index is 0.443. The van der Waals surface area contributed by atoms with Gasteiger partial charge >= 0.3 is 0 Å². The maximum atomic E-state index is 5.18. The van der Waals surface area contributed by atoms with Crippen molar-refractivity contribution in [2.45, 2.75) is 25.8 Å². The highest BCUT2D eigenvalue weighted by Crippen LogP contribution is 2.27. The molecule has 2 heterocycles. The maximum absolute atomic E-state index is 5.18. The third kappa shape index (κ3) is 3.05. The van der Waals surface area contributed by atoms with E-state index in [0.717, 1.165) is 5.56 Å². The number of benzene rings is 1. The Balaban J connectivity index is 1.88. The van der Waals surface area contributed by atoms with Gasteiger partial charge in [-0.05, 0) is 44.5 Å². The van der Waals surface area contributed by atoms with E-state index in [1.54, 1.807) is 19.4 Å². The molecule has 0 N–H and O–H groups in total. The van der Waals surface area contributed by atoms with Crippen LogP contribution in [-0.4, -0.2) is 35.1 Å². The lowest BCUT2D eigenvalue weighted by Gasteiger charge is -2.24. The summed E-state index contributed by atoms with van der Waals surface area (Å²) in [6.07, 6.45) is 4.35. The first-order chi connectivity index (χ1) is 10.3. The Hall–Kier alpha value is -1.94. The third-order valence-corrected chi connectivity index (χ3v) is 4.15. The fourth-order valence-electron chi connectivity index (χ4n) is 2.87. The van der Waals surface area contributed by atoms with E-state index in [-0.39, 0.29) is 0 Å². The van der Waals surface area contributed by atoms with Crippen LogP contribution in [0.25, 0.3) is 11.4 Å². The van der Waals surface area contributed by atoms with Gasteiger partial charge in [0.2, 0.25) is 5.88 Å². The van der Waals surface area contributed by atoms with E-state index >= 15 is 0 Å². The summed E-state index contributed by atoms with van der Waals surface area (Å²) in [5.74, 6) is 1.31. The Bertz CT molecular complexity index is 608. The van der Waals surface area contributed by atoms with Gasteiger partial charge in [0.1, 0.15) is 0 Å². The molecule has 1 atom stereocenters. The molecule has 2 aromatic rings. The average Bonchev–Trinajstić information content (AvgIpc) is 3.09. The normalized spacial score (nSPS) is 16.9. The quantitative estimate of drug-likeness (QED) is 0.863. The van der Waals surface area contributed by atoms with Gasteiger partial charge in [0, 0.05) is 23.9 Å². The Morgan fingerprint density at radius 1 is 1.19 bits per heavy atom. The maximum Gasteiger partial charge on any atom is 0.216 e. The van der Waals surface area contributed by atoms with Gasteiger partial charge in [0.05, 0.1) is 7.11 Å². The first-order valence-electron chi connectivity index (χ1n) is 7.49. The number of nitrogens with zero attached hydrogens (tertiary/aromatic N) is 3. The molecule has 0 aliphatic carbocycles. The predicted octanol–water partition coefficient (Wildman–Crippen LogP) is 3.31. The van der Waals surface area contributed by atoms with Crippen molar-refractivity contribution >= 4 is 0 Å². The molecular weight excluding hydrogens is 262 g/mol. The molecule has 1 fully saturated rings. The fourth-order valence-corrected chi connectivity index (χ4v) is 2.87. The number of rotatable bonds is 4. The molecule has 1 aliphatic rings. The van der Waals surface area contributed by atoms with Gasteiger partial charge in [-0.1, -0.05) is 18.2 Å². The summed E-state index contributed by atoms with van der Waals surface area (Å²) in [4.78, 5) is 11.3. The second kappa shape index (κ2) is 6.22. The molecule has 0 spiro atoms.